The van der Waals surface area contributed by atoms with Crippen LogP contribution in [0.2, 0.25) is 0 Å². The second-order valence-corrected chi connectivity index (χ2v) is 7.95. The Labute approximate surface area is 131 Å². The quantitative estimate of drug-likeness (QED) is 0.637. The topological polar surface area (TPSA) is 54.9 Å². The molecule has 0 aliphatic carbocycles. The van der Waals surface area contributed by atoms with Gasteiger partial charge in [-0.25, -0.2) is 0 Å². The monoisotopic (exact) mass is 327 g/mol. The van der Waals surface area contributed by atoms with Crippen LogP contribution in [-0.2, 0) is 6.42 Å². The van der Waals surface area contributed by atoms with Gasteiger partial charge in [-0.05, 0) is 30.7 Å². The average molecular weight is 328 g/mol. The fraction of sp³-hybridized carbons (Fsp3) is 0.462. The molecule has 2 rings (SSSR count). The number of aromatic nitrogens is 2. The smallest absolute Gasteiger partial charge is 0.267 e. The van der Waals surface area contributed by atoms with Crippen LogP contribution in [0, 0.1) is 6.92 Å². The first-order valence-corrected chi connectivity index (χ1v) is 9.12. The Balaban J connectivity index is 2.05. The normalized spacial score (nSPS) is 10.8. The van der Waals surface area contributed by atoms with Gasteiger partial charge in [0.15, 0.2) is 4.34 Å². The Bertz CT molecular complexity index is 591. The summed E-state index contributed by atoms with van der Waals surface area (Å²) >= 11 is 4.58. The third-order valence-electron chi connectivity index (χ3n) is 2.66. The SMILES string of the molecule is CCCc1cc(C(=O)Nc2nnc(SCC)s2)sc1C. The summed E-state index contributed by atoms with van der Waals surface area (Å²) in [6.45, 7) is 6.27. The van der Waals surface area contributed by atoms with Crippen molar-refractivity contribution < 1.29 is 4.79 Å². The summed E-state index contributed by atoms with van der Waals surface area (Å²) in [6, 6.07) is 1.99. The van der Waals surface area contributed by atoms with Crippen molar-refractivity contribution in [1.82, 2.24) is 10.2 Å². The molecular formula is C13H17N3OS3. The second-order valence-electron chi connectivity index (χ2n) is 4.20. The van der Waals surface area contributed by atoms with E-state index in [1.165, 1.54) is 33.1 Å². The molecule has 1 amide bonds. The van der Waals surface area contributed by atoms with Gasteiger partial charge in [0.2, 0.25) is 5.13 Å². The van der Waals surface area contributed by atoms with E-state index in [-0.39, 0.29) is 5.91 Å². The summed E-state index contributed by atoms with van der Waals surface area (Å²) < 4.78 is 0.886. The minimum Gasteiger partial charge on any atom is -0.296 e. The predicted octanol–water partition coefficient (Wildman–Crippen LogP) is 4.22. The molecule has 1 N–H and O–H groups in total. The summed E-state index contributed by atoms with van der Waals surface area (Å²) in [5.74, 6) is 0.859. The van der Waals surface area contributed by atoms with Gasteiger partial charge in [0.1, 0.15) is 0 Å². The summed E-state index contributed by atoms with van der Waals surface area (Å²) in [6.07, 6.45) is 2.11. The van der Waals surface area contributed by atoms with Crippen LogP contribution in [0.1, 0.15) is 40.4 Å². The molecule has 0 aromatic carbocycles. The van der Waals surface area contributed by atoms with Crippen LogP contribution in [-0.4, -0.2) is 21.9 Å². The number of nitrogens with zero attached hydrogens (tertiary/aromatic N) is 2. The standard InChI is InChI=1S/C13H17N3OS3/c1-4-6-9-7-10(19-8(9)3)11(17)14-12-15-16-13(20-12)18-5-2/h7H,4-6H2,1-3H3,(H,14,15,17). The molecule has 0 saturated carbocycles. The zero-order chi connectivity index (χ0) is 14.5. The van der Waals surface area contributed by atoms with Gasteiger partial charge >= 0.3 is 0 Å². The molecule has 0 spiro atoms. The van der Waals surface area contributed by atoms with Crippen LogP contribution < -0.4 is 5.32 Å². The molecular weight excluding hydrogens is 310 g/mol. The average Bonchev–Trinajstić information content (AvgIpc) is 2.99. The summed E-state index contributed by atoms with van der Waals surface area (Å²) in [7, 11) is 0. The van der Waals surface area contributed by atoms with Crippen LogP contribution in [0.4, 0.5) is 5.13 Å². The molecule has 108 valence electrons. The first-order valence-electron chi connectivity index (χ1n) is 6.51. The number of rotatable bonds is 6. The number of thiophene rings is 1. The van der Waals surface area contributed by atoms with Crippen molar-refractivity contribution >= 4 is 45.5 Å². The van der Waals surface area contributed by atoms with E-state index in [2.05, 4.69) is 36.3 Å². The maximum atomic E-state index is 12.2. The first-order chi connectivity index (χ1) is 9.63. The minimum atomic E-state index is -0.0929. The highest BCUT2D eigenvalue weighted by molar-refractivity contribution is 8.01. The number of amides is 1. The van der Waals surface area contributed by atoms with Crippen molar-refractivity contribution in [1.29, 1.82) is 0 Å². The molecule has 0 aliphatic rings. The zero-order valence-electron chi connectivity index (χ0n) is 11.7. The molecule has 0 aliphatic heterocycles. The molecule has 0 radical (unpaired) electrons. The van der Waals surface area contributed by atoms with E-state index in [0.29, 0.717) is 5.13 Å². The Morgan fingerprint density at radius 1 is 1.35 bits per heavy atom. The van der Waals surface area contributed by atoms with Crippen molar-refractivity contribution in [2.24, 2.45) is 0 Å². The summed E-state index contributed by atoms with van der Waals surface area (Å²) in [5.41, 5.74) is 1.27. The van der Waals surface area contributed by atoms with E-state index in [4.69, 9.17) is 0 Å². The van der Waals surface area contributed by atoms with E-state index in [1.54, 1.807) is 11.8 Å². The Morgan fingerprint density at radius 3 is 2.85 bits per heavy atom. The minimum absolute atomic E-state index is 0.0929. The molecule has 0 saturated heterocycles. The molecule has 0 fully saturated rings. The molecule has 4 nitrogen and oxygen atoms in total. The van der Waals surface area contributed by atoms with Gasteiger partial charge in [0, 0.05) is 4.88 Å². The van der Waals surface area contributed by atoms with Gasteiger partial charge in [-0.15, -0.1) is 21.5 Å². The largest absolute Gasteiger partial charge is 0.296 e. The lowest BCUT2D eigenvalue weighted by Crippen LogP contribution is -2.09. The third-order valence-corrected chi connectivity index (χ3v) is 5.60. The van der Waals surface area contributed by atoms with Gasteiger partial charge in [0.05, 0.1) is 4.88 Å². The lowest BCUT2D eigenvalue weighted by atomic mass is 10.1. The number of nitrogens with one attached hydrogen (secondary N) is 1. The van der Waals surface area contributed by atoms with Gasteiger partial charge in [-0.2, -0.15) is 0 Å². The molecule has 7 heteroatoms. The van der Waals surface area contributed by atoms with E-state index < -0.39 is 0 Å². The summed E-state index contributed by atoms with van der Waals surface area (Å²) in [5, 5.41) is 11.4. The van der Waals surface area contributed by atoms with Crippen molar-refractivity contribution in [2.45, 2.75) is 38.0 Å². The first kappa shape index (κ1) is 15.5. The third kappa shape index (κ3) is 3.80. The van der Waals surface area contributed by atoms with Crippen molar-refractivity contribution in [3.63, 3.8) is 0 Å². The van der Waals surface area contributed by atoms with Gasteiger partial charge in [-0.1, -0.05) is 43.4 Å². The number of hydrogen-bond donors (Lipinski definition) is 1. The predicted molar refractivity (Wildman–Crippen MR) is 87.3 cm³/mol. The van der Waals surface area contributed by atoms with E-state index in [9.17, 15) is 4.79 Å². The van der Waals surface area contributed by atoms with Gasteiger partial charge in [0.25, 0.3) is 5.91 Å². The zero-order valence-corrected chi connectivity index (χ0v) is 14.2. The number of carbonyl (C=O) groups excluding carboxylic acids is 1. The summed E-state index contributed by atoms with van der Waals surface area (Å²) in [4.78, 5) is 14.1. The van der Waals surface area contributed by atoms with Gasteiger partial charge < -0.3 is 0 Å². The molecule has 0 unspecified atom stereocenters. The van der Waals surface area contributed by atoms with E-state index in [1.807, 2.05) is 6.07 Å². The Morgan fingerprint density at radius 2 is 2.15 bits per heavy atom. The Kier molecular flexibility index (Phi) is 5.56. The van der Waals surface area contributed by atoms with Crippen LogP contribution in [0.3, 0.4) is 0 Å². The van der Waals surface area contributed by atoms with Crippen LogP contribution in [0.25, 0.3) is 0 Å². The highest BCUT2D eigenvalue weighted by Gasteiger charge is 2.14. The number of thioether (sulfide) groups is 1. The lowest BCUT2D eigenvalue weighted by Gasteiger charge is -1.96. The molecule has 20 heavy (non-hydrogen) atoms. The molecule has 2 heterocycles. The maximum absolute atomic E-state index is 12.2. The number of aryl methyl sites for hydroxylation is 2. The van der Waals surface area contributed by atoms with Crippen LogP contribution >= 0.6 is 34.4 Å². The molecule has 0 atom stereocenters. The van der Waals surface area contributed by atoms with E-state index >= 15 is 0 Å². The highest BCUT2D eigenvalue weighted by Crippen LogP contribution is 2.27. The van der Waals surface area contributed by atoms with Crippen LogP contribution in [0.5, 0.6) is 0 Å². The van der Waals surface area contributed by atoms with Gasteiger partial charge in [-0.3, -0.25) is 10.1 Å². The van der Waals surface area contributed by atoms with E-state index in [0.717, 1.165) is 27.8 Å². The highest BCUT2D eigenvalue weighted by atomic mass is 32.2. The van der Waals surface area contributed by atoms with Crippen LogP contribution in [0.15, 0.2) is 10.4 Å². The fourth-order valence-electron chi connectivity index (χ4n) is 1.75. The number of anilines is 1. The maximum Gasteiger partial charge on any atom is 0.267 e. The molecule has 0 bridgehead atoms. The fourth-order valence-corrected chi connectivity index (χ4v) is 4.36. The lowest BCUT2D eigenvalue weighted by molar-refractivity contribution is 0.103. The second kappa shape index (κ2) is 7.19. The number of hydrogen-bond acceptors (Lipinski definition) is 6. The van der Waals surface area contributed by atoms with Crippen molar-refractivity contribution in [2.75, 3.05) is 11.1 Å². The molecule has 2 aromatic heterocycles. The van der Waals surface area contributed by atoms with Crippen molar-refractivity contribution in [3.8, 4) is 0 Å². The van der Waals surface area contributed by atoms with Crippen molar-refractivity contribution in [3.05, 3.63) is 21.4 Å². The molecule has 2 aromatic rings. The Hall–Kier alpha value is -0.920. The number of carbonyl (C=O) groups is 1.